The van der Waals surface area contributed by atoms with Gasteiger partial charge in [0.25, 0.3) is 0 Å². The van der Waals surface area contributed by atoms with Gasteiger partial charge in [0.1, 0.15) is 0 Å². The largest absolute Gasteiger partial charge is 0.478 e. The van der Waals surface area contributed by atoms with Crippen LogP contribution < -0.4 is 5.32 Å². The van der Waals surface area contributed by atoms with Crippen molar-refractivity contribution in [3.05, 3.63) is 35.4 Å². The van der Waals surface area contributed by atoms with Crippen molar-refractivity contribution in [1.29, 1.82) is 0 Å². The number of benzene rings is 1. The fourth-order valence-electron chi connectivity index (χ4n) is 2.77. The summed E-state index contributed by atoms with van der Waals surface area (Å²) in [5.41, 5.74) is 1.40. The highest BCUT2D eigenvalue weighted by Crippen LogP contribution is 2.22. The van der Waals surface area contributed by atoms with Crippen molar-refractivity contribution < 1.29 is 14.7 Å². The molecule has 1 heterocycles. The zero-order valence-corrected chi connectivity index (χ0v) is 12.3. The van der Waals surface area contributed by atoms with E-state index in [4.69, 9.17) is 5.11 Å². The highest BCUT2D eigenvalue weighted by molar-refractivity contribution is 5.87. The van der Waals surface area contributed by atoms with Crippen LogP contribution in [0.5, 0.6) is 0 Å². The van der Waals surface area contributed by atoms with Crippen LogP contribution in [0.25, 0.3) is 0 Å². The summed E-state index contributed by atoms with van der Waals surface area (Å²) in [5, 5.41) is 11.8. The molecule has 5 heteroatoms. The van der Waals surface area contributed by atoms with Crippen molar-refractivity contribution in [2.45, 2.75) is 26.2 Å². The number of piperidine rings is 1. The lowest BCUT2D eigenvalue weighted by Gasteiger charge is -2.32. The minimum absolute atomic E-state index is 0.0174. The number of hydrogen-bond acceptors (Lipinski definition) is 2. The maximum absolute atomic E-state index is 11.7. The molecule has 21 heavy (non-hydrogen) atoms. The van der Waals surface area contributed by atoms with Gasteiger partial charge < -0.3 is 15.3 Å². The fraction of sp³-hybridized carbons (Fsp3) is 0.500. The van der Waals surface area contributed by atoms with Crippen molar-refractivity contribution in [2.75, 3.05) is 19.6 Å². The summed E-state index contributed by atoms with van der Waals surface area (Å²) in [6.07, 6.45) is 2.81. The maximum Gasteiger partial charge on any atom is 0.335 e. The van der Waals surface area contributed by atoms with Crippen LogP contribution in [0, 0.1) is 5.92 Å². The molecule has 114 valence electrons. The van der Waals surface area contributed by atoms with E-state index in [1.54, 1.807) is 18.2 Å². The quantitative estimate of drug-likeness (QED) is 0.894. The highest BCUT2D eigenvalue weighted by Gasteiger charge is 2.22. The lowest BCUT2D eigenvalue weighted by Crippen LogP contribution is -2.44. The molecule has 2 rings (SSSR count). The van der Waals surface area contributed by atoms with E-state index in [0.717, 1.165) is 37.9 Å². The van der Waals surface area contributed by atoms with Gasteiger partial charge in [0, 0.05) is 19.6 Å². The molecule has 5 nitrogen and oxygen atoms in total. The Morgan fingerprint density at radius 2 is 2.05 bits per heavy atom. The molecule has 1 aromatic carbocycles. The van der Waals surface area contributed by atoms with Gasteiger partial charge in [-0.25, -0.2) is 9.59 Å². The van der Waals surface area contributed by atoms with Crippen molar-refractivity contribution in [2.24, 2.45) is 5.92 Å². The molecule has 0 saturated carbocycles. The van der Waals surface area contributed by atoms with E-state index in [1.807, 2.05) is 17.9 Å². The Morgan fingerprint density at radius 3 is 2.67 bits per heavy atom. The second-order valence-electron chi connectivity index (χ2n) is 5.48. The normalized spacial score (nSPS) is 15.8. The Labute approximate surface area is 125 Å². The zero-order chi connectivity index (χ0) is 15.2. The van der Waals surface area contributed by atoms with Crippen LogP contribution in [0.2, 0.25) is 0 Å². The number of hydrogen-bond donors (Lipinski definition) is 2. The molecule has 0 aliphatic carbocycles. The number of urea groups is 1. The summed E-state index contributed by atoms with van der Waals surface area (Å²) in [6, 6.07) is 7.15. The fourth-order valence-corrected chi connectivity index (χ4v) is 2.77. The van der Waals surface area contributed by atoms with Gasteiger partial charge in [-0.2, -0.15) is 0 Å². The van der Waals surface area contributed by atoms with Crippen molar-refractivity contribution in [3.63, 3.8) is 0 Å². The van der Waals surface area contributed by atoms with Crippen LogP contribution in [-0.4, -0.2) is 41.6 Å². The van der Waals surface area contributed by atoms with Crippen molar-refractivity contribution in [3.8, 4) is 0 Å². The molecule has 2 amide bonds. The average molecular weight is 290 g/mol. The van der Waals surface area contributed by atoms with Crippen LogP contribution in [0.3, 0.4) is 0 Å². The van der Waals surface area contributed by atoms with Gasteiger partial charge in [0.05, 0.1) is 5.56 Å². The maximum atomic E-state index is 11.7. The van der Waals surface area contributed by atoms with Gasteiger partial charge in [0.2, 0.25) is 0 Å². The Kier molecular flexibility index (Phi) is 5.20. The predicted octanol–water partition coefficient (Wildman–Crippen LogP) is 2.37. The van der Waals surface area contributed by atoms with E-state index in [0.29, 0.717) is 18.0 Å². The minimum Gasteiger partial charge on any atom is -0.478 e. The first kappa shape index (κ1) is 15.4. The van der Waals surface area contributed by atoms with E-state index < -0.39 is 5.97 Å². The Balaban J connectivity index is 1.87. The molecule has 0 unspecified atom stereocenters. The Hall–Kier alpha value is -2.04. The first-order chi connectivity index (χ1) is 10.1. The second-order valence-corrected chi connectivity index (χ2v) is 5.48. The molecular formula is C16H22N2O3. The van der Waals surface area contributed by atoms with Gasteiger partial charge >= 0.3 is 12.0 Å². The van der Waals surface area contributed by atoms with E-state index in [2.05, 4.69) is 5.32 Å². The molecule has 1 aromatic rings. The second kappa shape index (κ2) is 7.11. The molecule has 0 atom stereocenters. The SMILES string of the molecule is CCNC(=O)N1CCC(Cc2cccc(C(=O)O)c2)CC1. The molecule has 1 saturated heterocycles. The summed E-state index contributed by atoms with van der Waals surface area (Å²) >= 11 is 0. The lowest BCUT2D eigenvalue weighted by molar-refractivity contribution is 0.0696. The topological polar surface area (TPSA) is 69.6 Å². The highest BCUT2D eigenvalue weighted by atomic mass is 16.4. The summed E-state index contributed by atoms with van der Waals surface area (Å²) in [4.78, 5) is 24.6. The van der Waals surface area contributed by atoms with Gasteiger partial charge in [-0.05, 0) is 49.8 Å². The van der Waals surface area contributed by atoms with E-state index >= 15 is 0 Å². The Bertz CT molecular complexity index is 508. The standard InChI is InChI=1S/C16H22N2O3/c1-2-17-16(21)18-8-6-12(7-9-18)10-13-4-3-5-14(11-13)15(19)20/h3-5,11-12H,2,6-10H2,1H3,(H,17,21)(H,19,20). The summed E-state index contributed by atoms with van der Waals surface area (Å²) in [5.74, 6) is -0.373. The van der Waals surface area contributed by atoms with Crippen LogP contribution >= 0.6 is 0 Å². The summed E-state index contributed by atoms with van der Waals surface area (Å²) in [6.45, 7) is 4.12. The number of carbonyl (C=O) groups is 2. The average Bonchev–Trinajstić information content (AvgIpc) is 2.48. The molecule has 0 radical (unpaired) electrons. The van der Waals surface area contributed by atoms with Crippen LogP contribution in [0.1, 0.15) is 35.7 Å². The van der Waals surface area contributed by atoms with E-state index in [-0.39, 0.29) is 6.03 Å². The third-order valence-corrected chi connectivity index (χ3v) is 3.93. The number of carboxylic acids is 1. The number of amides is 2. The number of nitrogens with zero attached hydrogens (tertiary/aromatic N) is 1. The molecule has 0 bridgehead atoms. The molecular weight excluding hydrogens is 268 g/mol. The molecule has 1 aliphatic rings. The molecule has 1 aliphatic heterocycles. The molecule has 0 spiro atoms. The van der Waals surface area contributed by atoms with Gasteiger partial charge in [-0.15, -0.1) is 0 Å². The predicted molar refractivity (Wildman–Crippen MR) is 80.5 cm³/mol. The molecule has 1 fully saturated rings. The van der Waals surface area contributed by atoms with Gasteiger partial charge in [0.15, 0.2) is 0 Å². The number of carbonyl (C=O) groups excluding carboxylic acids is 1. The van der Waals surface area contributed by atoms with Crippen LogP contribution in [0.15, 0.2) is 24.3 Å². The molecule has 2 N–H and O–H groups in total. The van der Waals surface area contributed by atoms with Crippen LogP contribution in [-0.2, 0) is 6.42 Å². The van der Waals surface area contributed by atoms with Gasteiger partial charge in [-0.1, -0.05) is 12.1 Å². The summed E-state index contributed by atoms with van der Waals surface area (Å²) in [7, 11) is 0. The van der Waals surface area contributed by atoms with E-state index in [1.165, 1.54) is 0 Å². The monoisotopic (exact) mass is 290 g/mol. The summed E-state index contributed by atoms with van der Waals surface area (Å²) < 4.78 is 0. The van der Waals surface area contributed by atoms with Crippen LogP contribution in [0.4, 0.5) is 4.79 Å². The zero-order valence-electron chi connectivity index (χ0n) is 12.3. The van der Waals surface area contributed by atoms with Crippen molar-refractivity contribution >= 4 is 12.0 Å². The number of carboxylic acid groups (broad SMARTS) is 1. The lowest BCUT2D eigenvalue weighted by atomic mass is 9.90. The van der Waals surface area contributed by atoms with E-state index in [9.17, 15) is 9.59 Å². The van der Waals surface area contributed by atoms with Crippen molar-refractivity contribution in [1.82, 2.24) is 10.2 Å². The number of aromatic carboxylic acids is 1. The number of nitrogens with one attached hydrogen (secondary N) is 1. The third-order valence-electron chi connectivity index (χ3n) is 3.93. The minimum atomic E-state index is -0.886. The first-order valence-electron chi connectivity index (χ1n) is 7.45. The number of rotatable bonds is 4. The smallest absolute Gasteiger partial charge is 0.335 e. The molecule has 0 aromatic heterocycles. The Morgan fingerprint density at radius 1 is 1.33 bits per heavy atom. The number of likely N-dealkylation sites (tertiary alicyclic amines) is 1. The first-order valence-corrected chi connectivity index (χ1v) is 7.45. The third kappa shape index (κ3) is 4.21. The van der Waals surface area contributed by atoms with Gasteiger partial charge in [-0.3, -0.25) is 0 Å².